The van der Waals surface area contributed by atoms with E-state index in [4.69, 9.17) is 0 Å². The Labute approximate surface area is 178 Å². The highest BCUT2D eigenvalue weighted by Gasteiger charge is 2.21. The van der Waals surface area contributed by atoms with Gasteiger partial charge in [-0.05, 0) is 47.7 Å². The zero-order valence-electron chi connectivity index (χ0n) is 17.6. The third-order valence-corrected chi connectivity index (χ3v) is 5.60. The number of hydrogen-bond acceptors (Lipinski definition) is 4. The molecule has 0 bridgehead atoms. The normalized spacial score (nSPS) is 14.5. The fourth-order valence-corrected chi connectivity index (χ4v) is 3.92. The van der Waals surface area contributed by atoms with E-state index in [2.05, 4.69) is 18.1 Å². The lowest BCUT2D eigenvalue weighted by molar-refractivity contribution is -0.130. The third kappa shape index (κ3) is 4.92. The topological polar surface area (TPSA) is 64.0 Å². The molecule has 0 saturated carbocycles. The molecule has 5 heteroatoms. The van der Waals surface area contributed by atoms with Crippen molar-refractivity contribution >= 4 is 5.91 Å². The van der Waals surface area contributed by atoms with Gasteiger partial charge in [0.1, 0.15) is 11.5 Å². The summed E-state index contributed by atoms with van der Waals surface area (Å²) in [5, 5.41) is 21.2. The van der Waals surface area contributed by atoms with Gasteiger partial charge >= 0.3 is 0 Å². The largest absolute Gasteiger partial charge is 0.508 e. The van der Waals surface area contributed by atoms with Crippen LogP contribution in [0, 0.1) is 0 Å². The number of carbonyl (C=O) groups is 1. The van der Waals surface area contributed by atoms with Crippen LogP contribution in [-0.4, -0.2) is 52.1 Å². The van der Waals surface area contributed by atoms with E-state index in [0.717, 1.165) is 40.9 Å². The van der Waals surface area contributed by atoms with Gasteiger partial charge in [-0.15, -0.1) is 13.2 Å². The molecule has 1 aliphatic heterocycles. The van der Waals surface area contributed by atoms with Crippen LogP contribution in [0.25, 0.3) is 11.1 Å². The Kier molecular flexibility index (Phi) is 6.95. The van der Waals surface area contributed by atoms with Crippen LogP contribution in [0.2, 0.25) is 0 Å². The average molecular weight is 407 g/mol. The quantitative estimate of drug-likeness (QED) is 0.685. The van der Waals surface area contributed by atoms with Crippen molar-refractivity contribution in [1.29, 1.82) is 0 Å². The van der Waals surface area contributed by atoms with Gasteiger partial charge in [0, 0.05) is 50.8 Å². The van der Waals surface area contributed by atoms with Crippen molar-refractivity contribution in [2.75, 3.05) is 26.2 Å². The van der Waals surface area contributed by atoms with Gasteiger partial charge in [-0.1, -0.05) is 24.3 Å². The van der Waals surface area contributed by atoms with E-state index >= 15 is 0 Å². The fourth-order valence-electron chi connectivity index (χ4n) is 3.92. The van der Waals surface area contributed by atoms with Gasteiger partial charge in [-0.2, -0.15) is 0 Å². The standard InChI is InChI=1S/C25H30N2O3/c1-4-6-19-14-22(17-26-10-12-27(13-11-26)18(3)28)25(30)23(15-19)20-8-9-24(29)21(16-20)7-5-2/h4-5,8-9,14-16,29-30H,1-2,6-7,10-13,17H2,3H3. The van der Waals surface area contributed by atoms with E-state index in [1.165, 1.54) is 0 Å². The van der Waals surface area contributed by atoms with Gasteiger partial charge in [0.15, 0.2) is 0 Å². The molecule has 1 saturated heterocycles. The molecule has 30 heavy (non-hydrogen) atoms. The van der Waals surface area contributed by atoms with E-state index in [-0.39, 0.29) is 17.4 Å². The molecule has 1 fully saturated rings. The highest BCUT2D eigenvalue weighted by atomic mass is 16.3. The van der Waals surface area contributed by atoms with Crippen LogP contribution in [0.15, 0.2) is 55.6 Å². The van der Waals surface area contributed by atoms with Crippen molar-refractivity contribution in [1.82, 2.24) is 9.80 Å². The Morgan fingerprint density at radius 2 is 1.70 bits per heavy atom. The summed E-state index contributed by atoms with van der Waals surface area (Å²) in [4.78, 5) is 15.7. The van der Waals surface area contributed by atoms with Gasteiger partial charge in [-0.25, -0.2) is 0 Å². The van der Waals surface area contributed by atoms with Crippen LogP contribution in [0.4, 0.5) is 0 Å². The molecule has 0 unspecified atom stereocenters. The molecule has 158 valence electrons. The molecule has 1 heterocycles. The van der Waals surface area contributed by atoms with Crippen molar-refractivity contribution in [2.24, 2.45) is 0 Å². The summed E-state index contributed by atoms with van der Waals surface area (Å²) in [6, 6.07) is 9.40. The molecule has 3 rings (SSSR count). The van der Waals surface area contributed by atoms with Crippen LogP contribution in [0.3, 0.4) is 0 Å². The van der Waals surface area contributed by atoms with Crippen molar-refractivity contribution in [3.8, 4) is 22.6 Å². The van der Waals surface area contributed by atoms with Gasteiger partial charge in [0.25, 0.3) is 0 Å². The van der Waals surface area contributed by atoms with Crippen molar-refractivity contribution in [3.63, 3.8) is 0 Å². The summed E-state index contributed by atoms with van der Waals surface area (Å²) in [5.74, 6) is 0.589. The Balaban J connectivity index is 1.92. The first-order chi connectivity index (χ1) is 14.4. The van der Waals surface area contributed by atoms with Crippen LogP contribution >= 0.6 is 0 Å². The second kappa shape index (κ2) is 9.63. The summed E-state index contributed by atoms with van der Waals surface area (Å²) >= 11 is 0. The maximum atomic E-state index is 11.6. The van der Waals surface area contributed by atoms with Crippen LogP contribution in [-0.2, 0) is 24.2 Å². The fraction of sp³-hybridized carbons (Fsp3) is 0.320. The van der Waals surface area contributed by atoms with Crippen molar-refractivity contribution in [2.45, 2.75) is 26.3 Å². The van der Waals surface area contributed by atoms with E-state index in [9.17, 15) is 15.0 Å². The molecule has 2 aromatic rings. The molecule has 2 aromatic carbocycles. The second-order valence-corrected chi connectivity index (χ2v) is 7.76. The summed E-state index contributed by atoms with van der Waals surface area (Å²) in [6.45, 7) is 12.8. The smallest absolute Gasteiger partial charge is 0.219 e. The lowest BCUT2D eigenvalue weighted by atomic mass is 9.94. The minimum Gasteiger partial charge on any atom is -0.508 e. The molecule has 0 aliphatic carbocycles. The SMILES string of the molecule is C=CCc1cc(CN2CCN(C(C)=O)CC2)c(O)c(-c2ccc(O)c(CC=C)c2)c1. The zero-order valence-corrected chi connectivity index (χ0v) is 17.6. The molecule has 0 spiro atoms. The number of amides is 1. The molecule has 1 amide bonds. The van der Waals surface area contributed by atoms with E-state index in [0.29, 0.717) is 32.5 Å². The molecular weight excluding hydrogens is 376 g/mol. The zero-order chi connectivity index (χ0) is 21.7. The lowest BCUT2D eigenvalue weighted by Gasteiger charge is -2.34. The Morgan fingerprint density at radius 1 is 1.00 bits per heavy atom. The maximum absolute atomic E-state index is 11.6. The first-order valence-corrected chi connectivity index (χ1v) is 10.3. The third-order valence-electron chi connectivity index (χ3n) is 5.60. The van der Waals surface area contributed by atoms with E-state index in [1.807, 2.05) is 35.2 Å². The van der Waals surface area contributed by atoms with Crippen molar-refractivity contribution < 1.29 is 15.0 Å². The van der Waals surface area contributed by atoms with Gasteiger partial charge in [0.2, 0.25) is 5.91 Å². The Bertz CT molecular complexity index is 944. The predicted octanol–water partition coefficient (Wildman–Crippen LogP) is 3.89. The number of phenols is 2. The number of aromatic hydroxyl groups is 2. The maximum Gasteiger partial charge on any atom is 0.219 e. The molecule has 5 nitrogen and oxygen atoms in total. The summed E-state index contributed by atoms with van der Waals surface area (Å²) in [7, 11) is 0. The number of carbonyl (C=O) groups excluding carboxylic acids is 1. The number of allylic oxidation sites excluding steroid dienone is 2. The second-order valence-electron chi connectivity index (χ2n) is 7.76. The van der Waals surface area contributed by atoms with Crippen LogP contribution in [0.5, 0.6) is 11.5 Å². The number of phenolic OH excluding ortho intramolecular Hbond substituents is 2. The molecule has 2 N–H and O–H groups in total. The molecule has 0 aromatic heterocycles. The number of nitrogens with zero attached hydrogens (tertiary/aromatic N) is 2. The average Bonchev–Trinajstić information content (AvgIpc) is 2.73. The highest BCUT2D eigenvalue weighted by molar-refractivity contribution is 5.74. The monoisotopic (exact) mass is 406 g/mol. The predicted molar refractivity (Wildman–Crippen MR) is 121 cm³/mol. The molecule has 1 aliphatic rings. The van der Waals surface area contributed by atoms with Gasteiger partial charge in [-0.3, -0.25) is 9.69 Å². The number of piperazine rings is 1. The number of hydrogen-bond donors (Lipinski definition) is 2. The molecule has 0 radical (unpaired) electrons. The van der Waals surface area contributed by atoms with Gasteiger partial charge in [0.05, 0.1) is 0 Å². The first-order valence-electron chi connectivity index (χ1n) is 10.3. The van der Waals surface area contributed by atoms with E-state index in [1.54, 1.807) is 19.1 Å². The number of rotatable bonds is 7. The van der Waals surface area contributed by atoms with Crippen LogP contribution < -0.4 is 0 Å². The molecular formula is C25H30N2O3. The first kappa shape index (κ1) is 21.7. The Morgan fingerprint density at radius 3 is 2.33 bits per heavy atom. The minimum atomic E-state index is 0.107. The highest BCUT2D eigenvalue weighted by Crippen LogP contribution is 2.36. The van der Waals surface area contributed by atoms with Crippen molar-refractivity contribution in [3.05, 3.63) is 72.3 Å². The Hall–Kier alpha value is -3.05. The minimum absolute atomic E-state index is 0.107. The summed E-state index contributed by atoms with van der Waals surface area (Å²) < 4.78 is 0. The van der Waals surface area contributed by atoms with E-state index < -0.39 is 0 Å². The molecule has 0 atom stereocenters. The lowest BCUT2D eigenvalue weighted by Crippen LogP contribution is -2.47. The van der Waals surface area contributed by atoms with Crippen LogP contribution in [0.1, 0.15) is 23.6 Å². The summed E-state index contributed by atoms with van der Waals surface area (Å²) in [6.07, 6.45) is 4.86. The number of benzene rings is 2. The summed E-state index contributed by atoms with van der Waals surface area (Å²) in [5.41, 5.74) is 4.32. The van der Waals surface area contributed by atoms with Gasteiger partial charge < -0.3 is 15.1 Å².